The van der Waals surface area contributed by atoms with Gasteiger partial charge in [-0.2, -0.15) is 0 Å². The van der Waals surface area contributed by atoms with E-state index in [0.717, 1.165) is 5.92 Å². The molecular formula is C14H19I. The molecule has 1 heteroatoms. The standard InChI is InChI=1S/C14H19I/c1-11-7-9-14(2,10-8-11)12-5-3-4-6-13(12)15/h3-6,11H,7-10H2,1-2H3. The minimum atomic E-state index is 0.435. The monoisotopic (exact) mass is 314 g/mol. The smallest absolute Gasteiger partial charge is 0.0167 e. The predicted octanol–water partition coefficient (Wildman–Crippen LogP) is 4.76. The molecule has 0 amide bonds. The van der Waals surface area contributed by atoms with Gasteiger partial charge in [-0.05, 0) is 71.2 Å². The molecule has 0 saturated heterocycles. The maximum absolute atomic E-state index is 2.48. The molecule has 1 fully saturated rings. The maximum Gasteiger partial charge on any atom is 0.0167 e. The molecule has 0 unspecified atom stereocenters. The van der Waals surface area contributed by atoms with Gasteiger partial charge in [0.2, 0.25) is 0 Å². The molecular weight excluding hydrogens is 295 g/mol. The molecule has 0 nitrogen and oxygen atoms in total. The van der Waals surface area contributed by atoms with Crippen LogP contribution in [0.5, 0.6) is 0 Å². The van der Waals surface area contributed by atoms with Crippen LogP contribution in [-0.2, 0) is 5.41 Å². The van der Waals surface area contributed by atoms with E-state index in [9.17, 15) is 0 Å². The van der Waals surface area contributed by atoms with E-state index in [4.69, 9.17) is 0 Å². The summed E-state index contributed by atoms with van der Waals surface area (Å²) in [5, 5.41) is 0. The Labute approximate surface area is 107 Å². The zero-order valence-electron chi connectivity index (χ0n) is 9.59. The van der Waals surface area contributed by atoms with Crippen LogP contribution in [0.3, 0.4) is 0 Å². The third-order valence-corrected chi connectivity index (χ3v) is 4.84. The molecule has 0 aromatic heterocycles. The Hall–Kier alpha value is -0.0500. The largest absolute Gasteiger partial charge is 0.0625 e. The highest BCUT2D eigenvalue weighted by Crippen LogP contribution is 2.42. The van der Waals surface area contributed by atoms with E-state index in [1.807, 2.05) is 0 Å². The summed E-state index contributed by atoms with van der Waals surface area (Å²) >= 11 is 2.48. The zero-order valence-corrected chi connectivity index (χ0v) is 11.8. The van der Waals surface area contributed by atoms with Crippen LogP contribution in [0.2, 0.25) is 0 Å². The van der Waals surface area contributed by atoms with Gasteiger partial charge in [-0.1, -0.05) is 32.0 Å². The van der Waals surface area contributed by atoms with E-state index >= 15 is 0 Å². The topological polar surface area (TPSA) is 0 Å². The number of hydrogen-bond acceptors (Lipinski definition) is 0. The molecule has 1 saturated carbocycles. The highest BCUT2D eigenvalue weighted by molar-refractivity contribution is 14.1. The molecule has 0 N–H and O–H groups in total. The van der Waals surface area contributed by atoms with Crippen LogP contribution in [-0.4, -0.2) is 0 Å². The summed E-state index contributed by atoms with van der Waals surface area (Å²) in [4.78, 5) is 0. The molecule has 1 aromatic rings. The lowest BCUT2D eigenvalue weighted by Gasteiger charge is -2.37. The Balaban J connectivity index is 2.26. The van der Waals surface area contributed by atoms with Gasteiger partial charge < -0.3 is 0 Å². The molecule has 2 rings (SSSR count). The van der Waals surface area contributed by atoms with Crippen molar-refractivity contribution in [1.82, 2.24) is 0 Å². The SMILES string of the molecule is CC1CCC(C)(c2ccccc2I)CC1. The van der Waals surface area contributed by atoms with Crippen LogP contribution < -0.4 is 0 Å². The fraction of sp³-hybridized carbons (Fsp3) is 0.571. The van der Waals surface area contributed by atoms with Crippen molar-refractivity contribution >= 4 is 22.6 Å². The first-order valence-electron chi connectivity index (χ1n) is 5.87. The Morgan fingerprint density at radius 1 is 1.20 bits per heavy atom. The van der Waals surface area contributed by atoms with Crippen LogP contribution in [0.25, 0.3) is 0 Å². The second-order valence-electron chi connectivity index (χ2n) is 5.22. The summed E-state index contributed by atoms with van der Waals surface area (Å²) < 4.78 is 1.44. The second-order valence-corrected chi connectivity index (χ2v) is 6.39. The first-order valence-corrected chi connectivity index (χ1v) is 6.95. The molecule has 0 bridgehead atoms. The summed E-state index contributed by atoms with van der Waals surface area (Å²) in [6, 6.07) is 8.87. The minimum Gasteiger partial charge on any atom is -0.0625 e. The fourth-order valence-electron chi connectivity index (χ4n) is 2.62. The molecule has 1 aliphatic carbocycles. The van der Waals surface area contributed by atoms with Crippen molar-refractivity contribution in [3.8, 4) is 0 Å². The Morgan fingerprint density at radius 3 is 2.40 bits per heavy atom. The van der Waals surface area contributed by atoms with Gasteiger partial charge >= 0.3 is 0 Å². The van der Waals surface area contributed by atoms with Crippen molar-refractivity contribution in [3.05, 3.63) is 33.4 Å². The molecule has 0 spiro atoms. The zero-order chi connectivity index (χ0) is 10.9. The van der Waals surface area contributed by atoms with Crippen LogP contribution in [0.1, 0.15) is 45.1 Å². The van der Waals surface area contributed by atoms with E-state index in [0.29, 0.717) is 5.41 Å². The van der Waals surface area contributed by atoms with Crippen molar-refractivity contribution in [2.45, 2.75) is 44.9 Å². The lowest BCUT2D eigenvalue weighted by molar-refractivity contribution is 0.260. The molecule has 15 heavy (non-hydrogen) atoms. The van der Waals surface area contributed by atoms with Crippen molar-refractivity contribution in [2.75, 3.05) is 0 Å². The second kappa shape index (κ2) is 4.44. The van der Waals surface area contributed by atoms with E-state index in [2.05, 4.69) is 60.7 Å². The van der Waals surface area contributed by atoms with Gasteiger partial charge in [0.25, 0.3) is 0 Å². The first-order chi connectivity index (χ1) is 7.12. The van der Waals surface area contributed by atoms with Gasteiger partial charge in [0, 0.05) is 3.57 Å². The lowest BCUT2D eigenvalue weighted by Crippen LogP contribution is -2.28. The van der Waals surface area contributed by atoms with Crippen LogP contribution in [0, 0.1) is 9.49 Å². The highest BCUT2D eigenvalue weighted by Gasteiger charge is 2.32. The van der Waals surface area contributed by atoms with Crippen molar-refractivity contribution in [1.29, 1.82) is 0 Å². The third-order valence-electron chi connectivity index (χ3n) is 3.90. The maximum atomic E-state index is 2.48. The van der Waals surface area contributed by atoms with Gasteiger partial charge in [0.15, 0.2) is 0 Å². The third kappa shape index (κ3) is 2.38. The summed E-state index contributed by atoms with van der Waals surface area (Å²) in [5.41, 5.74) is 2.00. The van der Waals surface area contributed by atoms with E-state index < -0.39 is 0 Å². The minimum absolute atomic E-state index is 0.435. The van der Waals surface area contributed by atoms with Crippen LogP contribution in [0.15, 0.2) is 24.3 Å². The Kier molecular flexibility index (Phi) is 3.39. The van der Waals surface area contributed by atoms with Crippen molar-refractivity contribution in [2.24, 2.45) is 5.92 Å². The average molecular weight is 314 g/mol. The van der Waals surface area contributed by atoms with E-state index in [1.54, 1.807) is 5.56 Å². The van der Waals surface area contributed by atoms with Gasteiger partial charge in [-0.3, -0.25) is 0 Å². The molecule has 0 radical (unpaired) electrons. The van der Waals surface area contributed by atoms with Crippen molar-refractivity contribution < 1.29 is 0 Å². The molecule has 0 heterocycles. The summed E-state index contributed by atoms with van der Waals surface area (Å²) in [5.74, 6) is 0.930. The van der Waals surface area contributed by atoms with E-state index in [1.165, 1.54) is 29.3 Å². The number of hydrogen-bond donors (Lipinski definition) is 0. The number of rotatable bonds is 1. The Morgan fingerprint density at radius 2 is 1.80 bits per heavy atom. The molecule has 1 aromatic carbocycles. The lowest BCUT2D eigenvalue weighted by atomic mass is 9.68. The fourth-order valence-corrected chi connectivity index (χ4v) is 3.66. The van der Waals surface area contributed by atoms with E-state index in [-0.39, 0.29) is 0 Å². The van der Waals surface area contributed by atoms with Gasteiger partial charge in [-0.15, -0.1) is 0 Å². The van der Waals surface area contributed by atoms with Crippen LogP contribution in [0.4, 0.5) is 0 Å². The Bertz CT molecular complexity index is 335. The first kappa shape index (κ1) is 11.4. The quantitative estimate of drug-likeness (QED) is 0.656. The summed E-state index contributed by atoms with van der Waals surface area (Å²) in [7, 11) is 0. The van der Waals surface area contributed by atoms with Gasteiger partial charge in [0.05, 0.1) is 0 Å². The predicted molar refractivity (Wildman–Crippen MR) is 74.1 cm³/mol. The average Bonchev–Trinajstić information content (AvgIpc) is 2.23. The molecule has 82 valence electrons. The number of halogens is 1. The van der Waals surface area contributed by atoms with Gasteiger partial charge in [-0.25, -0.2) is 0 Å². The molecule has 0 atom stereocenters. The van der Waals surface area contributed by atoms with Crippen molar-refractivity contribution in [3.63, 3.8) is 0 Å². The normalized spacial score (nSPS) is 31.5. The van der Waals surface area contributed by atoms with Gasteiger partial charge in [0.1, 0.15) is 0 Å². The molecule has 1 aliphatic rings. The highest BCUT2D eigenvalue weighted by atomic mass is 127. The summed E-state index contributed by atoms with van der Waals surface area (Å²) in [6.45, 7) is 4.83. The number of benzene rings is 1. The van der Waals surface area contributed by atoms with Crippen LogP contribution >= 0.6 is 22.6 Å². The molecule has 0 aliphatic heterocycles. The summed E-state index contributed by atoms with van der Waals surface area (Å²) in [6.07, 6.45) is 5.49.